The number of hydrogen-bond donors (Lipinski definition) is 2. The number of carboxylic acid groups (broad SMARTS) is 1. The van der Waals surface area contributed by atoms with E-state index in [1.807, 2.05) is 30.5 Å². The summed E-state index contributed by atoms with van der Waals surface area (Å²) in [7, 11) is 0. The van der Waals surface area contributed by atoms with Crippen LogP contribution in [0.2, 0.25) is 0 Å². The Kier molecular flexibility index (Phi) is 6.35. The Bertz CT molecular complexity index is 1260. The molecule has 2 N–H and O–H groups in total. The van der Waals surface area contributed by atoms with Gasteiger partial charge in [-0.2, -0.15) is 0 Å². The van der Waals surface area contributed by atoms with E-state index in [-0.39, 0.29) is 6.03 Å². The molecule has 1 aromatic heterocycles. The van der Waals surface area contributed by atoms with Crippen molar-refractivity contribution in [2.24, 2.45) is 5.92 Å². The second kappa shape index (κ2) is 9.72. The molecule has 0 saturated heterocycles. The van der Waals surface area contributed by atoms with Gasteiger partial charge in [-0.15, -0.1) is 0 Å². The Hall–Kier alpha value is -3.60. The Morgan fingerprint density at radius 1 is 0.971 bits per heavy atom. The lowest BCUT2D eigenvalue weighted by atomic mass is 9.77. The normalized spacial score (nSPS) is 20.2. The van der Waals surface area contributed by atoms with E-state index in [4.69, 9.17) is 5.11 Å². The third-order valence-corrected chi connectivity index (χ3v) is 7.22. The minimum atomic E-state index is -0.681. The van der Waals surface area contributed by atoms with Crippen LogP contribution >= 0.6 is 0 Å². The van der Waals surface area contributed by atoms with Crippen molar-refractivity contribution < 1.29 is 14.7 Å². The van der Waals surface area contributed by atoms with Gasteiger partial charge in [-0.1, -0.05) is 42.5 Å². The molecule has 1 amide bonds. The number of allylic oxidation sites excluding steroid dienone is 4. The van der Waals surface area contributed by atoms with Crippen LogP contribution in [0.4, 0.5) is 4.79 Å². The summed E-state index contributed by atoms with van der Waals surface area (Å²) < 4.78 is 1.67. The summed E-state index contributed by atoms with van der Waals surface area (Å²) in [6, 6.07) is 16.8. The zero-order chi connectivity index (χ0) is 23.5. The van der Waals surface area contributed by atoms with Crippen LogP contribution in [-0.4, -0.2) is 21.7 Å². The van der Waals surface area contributed by atoms with Gasteiger partial charge >= 0.3 is 12.0 Å². The molecule has 0 radical (unpaired) electrons. The number of aliphatic carboxylic acids is 1. The van der Waals surface area contributed by atoms with Crippen LogP contribution < -0.4 is 5.32 Å². The molecule has 0 aliphatic heterocycles. The van der Waals surface area contributed by atoms with Crippen molar-refractivity contribution in [3.05, 3.63) is 84.2 Å². The zero-order valence-electron chi connectivity index (χ0n) is 19.2. The topological polar surface area (TPSA) is 71.3 Å². The van der Waals surface area contributed by atoms with Crippen molar-refractivity contribution in [2.75, 3.05) is 0 Å². The molecule has 2 aromatic carbocycles. The van der Waals surface area contributed by atoms with Crippen molar-refractivity contribution in [1.29, 1.82) is 0 Å². The second-order valence-electron chi connectivity index (χ2n) is 9.49. The summed E-state index contributed by atoms with van der Waals surface area (Å²) in [6.45, 7) is 0. The Morgan fingerprint density at radius 2 is 1.74 bits per heavy atom. The summed E-state index contributed by atoms with van der Waals surface area (Å²) in [5, 5.41) is 13.1. The van der Waals surface area contributed by atoms with Crippen LogP contribution in [0.3, 0.4) is 0 Å². The first-order chi connectivity index (χ1) is 16.6. The van der Waals surface area contributed by atoms with E-state index in [0.717, 1.165) is 66.3 Å². The van der Waals surface area contributed by atoms with Gasteiger partial charge in [0.25, 0.3) is 0 Å². The van der Waals surface area contributed by atoms with Crippen LogP contribution in [0.1, 0.15) is 56.4 Å². The van der Waals surface area contributed by atoms with Gasteiger partial charge in [-0.3, -0.25) is 9.36 Å². The molecule has 0 atom stereocenters. The Balaban J connectivity index is 1.27. The van der Waals surface area contributed by atoms with Crippen LogP contribution in [0, 0.1) is 5.92 Å². The van der Waals surface area contributed by atoms with E-state index in [1.54, 1.807) is 4.57 Å². The van der Waals surface area contributed by atoms with E-state index in [1.165, 1.54) is 5.56 Å². The van der Waals surface area contributed by atoms with Crippen LogP contribution in [0.15, 0.2) is 78.7 Å². The standard InChI is InChI=1S/C29H30N2O3/c32-28(33)18-20-6-8-21(9-7-20)22-10-12-23(13-11-22)24-14-15-27-25(19-24)16-17-31(27)29(34)30-26-4-2-1-3-5-26/h1-2,4,10-17,19-21H,3,5-9,18H2,(H,30,34)(H,32,33). The zero-order valence-corrected chi connectivity index (χ0v) is 19.2. The number of carboxylic acids is 1. The molecule has 5 heteroatoms. The molecule has 1 fully saturated rings. The second-order valence-corrected chi connectivity index (χ2v) is 9.49. The molecule has 0 unspecified atom stereocenters. The van der Waals surface area contributed by atoms with E-state index in [0.29, 0.717) is 18.3 Å². The Morgan fingerprint density at radius 3 is 2.44 bits per heavy atom. The molecule has 0 spiro atoms. The fourth-order valence-electron chi connectivity index (χ4n) is 5.30. The molecule has 5 rings (SSSR count). The molecule has 2 aliphatic carbocycles. The average Bonchev–Trinajstić information content (AvgIpc) is 3.28. The van der Waals surface area contributed by atoms with E-state index in [9.17, 15) is 9.59 Å². The summed E-state index contributed by atoms with van der Waals surface area (Å²) in [4.78, 5) is 23.7. The number of carbonyl (C=O) groups is 2. The largest absolute Gasteiger partial charge is 0.481 e. The van der Waals surface area contributed by atoms with Crippen molar-refractivity contribution in [3.8, 4) is 11.1 Å². The van der Waals surface area contributed by atoms with Crippen molar-refractivity contribution in [1.82, 2.24) is 9.88 Å². The molecule has 3 aromatic rings. The number of nitrogens with one attached hydrogen (secondary N) is 1. The van der Waals surface area contributed by atoms with Crippen LogP contribution in [0.5, 0.6) is 0 Å². The lowest BCUT2D eigenvalue weighted by Crippen LogP contribution is -2.27. The third-order valence-electron chi connectivity index (χ3n) is 7.22. The molecule has 2 aliphatic rings. The number of aromatic nitrogens is 1. The van der Waals surface area contributed by atoms with E-state index in [2.05, 4.69) is 47.8 Å². The maximum atomic E-state index is 12.8. The Labute approximate surface area is 199 Å². The quantitative estimate of drug-likeness (QED) is 0.443. The highest BCUT2D eigenvalue weighted by molar-refractivity contribution is 5.94. The molecular formula is C29H30N2O3. The highest BCUT2D eigenvalue weighted by atomic mass is 16.4. The molecule has 174 valence electrons. The highest BCUT2D eigenvalue weighted by Gasteiger charge is 2.24. The summed E-state index contributed by atoms with van der Waals surface area (Å²) in [6.07, 6.45) is 14.1. The van der Waals surface area contributed by atoms with E-state index < -0.39 is 5.97 Å². The first kappa shape index (κ1) is 22.2. The smallest absolute Gasteiger partial charge is 0.330 e. The fourth-order valence-corrected chi connectivity index (χ4v) is 5.30. The van der Waals surface area contributed by atoms with Gasteiger partial charge in [0.1, 0.15) is 0 Å². The summed E-state index contributed by atoms with van der Waals surface area (Å²) >= 11 is 0. The maximum absolute atomic E-state index is 12.8. The lowest BCUT2D eigenvalue weighted by molar-refractivity contribution is -0.138. The molecule has 0 bridgehead atoms. The average molecular weight is 455 g/mol. The van der Waals surface area contributed by atoms with Gasteiger partial charge in [0.2, 0.25) is 0 Å². The minimum absolute atomic E-state index is 0.133. The first-order valence-electron chi connectivity index (χ1n) is 12.2. The number of hydrogen-bond acceptors (Lipinski definition) is 2. The molecule has 5 nitrogen and oxygen atoms in total. The third kappa shape index (κ3) is 4.84. The number of carbonyl (C=O) groups excluding carboxylic acids is 1. The van der Waals surface area contributed by atoms with Gasteiger partial charge < -0.3 is 10.4 Å². The SMILES string of the molecule is O=C(O)CC1CCC(c2ccc(-c3ccc4c(ccn4C(=O)NC4=CC=CCC4)c3)cc2)CC1. The lowest BCUT2D eigenvalue weighted by Gasteiger charge is -2.28. The van der Waals surface area contributed by atoms with Gasteiger partial charge in [-0.25, -0.2) is 4.79 Å². The fraction of sp³-hybridized carbons (Fsp3) is 0.310. The first-order valence-corrected chi connectivity index (χ1v) is 12.2. The predicted molar refractivity (Wildman–Crippen MR) is 135 cm³/mol. The maximum Gasteiger partial charge on any atom is 0.330 e. The van der Waals surface area contributed by atoms with E-state index >= 15 is 0 Å². The molecule has 1 heterocycles. The van der Waals surface area contributed by atoms with Gasteiger partial charge in [0.15, 0.2) is 0 Å². The molecular weight excluding hydrogens is 424 g/mol. The number of fused-ring (bicyclic) bond motifs is 1. The molecule has 1 saturated carbocycles. The number of benzene rings is 2. The number of rotatable bonds is 5. The minimum Gasteiger partial charge on any atom is -0.481 e. The van der Waals surface area contributed by atoms with Gasteiger partial charge in [0, 0.05) is 23.7 Å². The van der Waals surface area contributed by atoms with Crippen LogP contribution in [0.25, 0.3) is 22.0 Å². The van der Waals surface area contributed by atoms with Crippen molar-refractivity contribution in [3.63, 3.8) is 0 Å². The summed E-state index contributed by atoms with van der Waals surface area (Å²) in [5.41, 5.74) is 5.46. The monoisotopic (exact) mass is 454 g/mol. The van der Waals surface area contributed by atoms with Gasteiger partial charge in [-0.05, 0) is 91.3 Å². The number of amides is 1. The number of nitrogens with zero attached hydrogens (tertiary/aromatic N) is 1. The van der Waals surface area contributed by atoms with Crippen LogP contribution in [-0.2, 0) is 4.79 Å². The van der Waals surface area contributed by atoms with Crippen molar-refractivity contribution >= 4 is 22.9 Å². The molecule has 34 heavy (non-hydrogen) atoms. The summed E-state index contributed by atoms with van der Waals surface area (Å²) in [5.74, 6) is 0.161. The highest BCUT2D eigenvalue weighted by Crippen LogP contribution is 2.37. The predicted octanol–water partition coefficient (Wildman–Crippen LogP) is 6.85. The van der Waals surface area contributed by atoms with Crippen molar-refractivity contribution in [2.45, 2.75) is 50.9 Å². The van der Waals surface area contributed by atoms with Gasteiger partial charge in [0.05, 0.1) is 5.52 Å².